The van der Waals surface area contributed by atoms with Gasteiger partial charge in [0.25, 0.3) is 0 Å². The third-order valence-corrected chi connectivity index (χ3v) is 5.12. The second-order valence-corrected chi connectivity index (χ2v) is 6.99. The van der Waals surface area contributed by atoms with E-state index in [1.807, 2.05) is 0 Å². The molecule has 0 aliphatic heterocycles. The summed E-state index contributed by atoms with van der Waals surface area (Å²) in [6, 6.07) is 17.4. The van der Waals surface area contributed by atoms with Crippen molar-refractivity contribution in [3.8, 4) is 0 Å². The monoisotopic (exact) mass is 345 g/mol. The quantitative estimate of drug-likeness (QED) is 0.723. The fourth-order valence-electron chi connectivity index (χ4n) is 2.46. The Hall–Kier alpha value is -1.16. The molecule has 0 saturated carbocycles. The lowest BCUT2D eigenvalue weighted by Crippen LogP contribution is -2.25. The molecule has 1 nitrogen and oxygen atoms in total. The third kappa shape index (κ3) is 3.29. The first-order valence-corrected chi connectivity index (χ1v) is 8.34. The topological polar surface area (TPSA) is 26.0 Å². The van der Waals surface area contributed by atoms with Crippen LogP contribution in [-0.2, 0) is 12.8 Å². The van der Waals surface area contributed by atoms with Gasteiger partial charge in [0.05, 0.1) is 0 Å². The Morgan fingerprint density at radius 2 is 1.80 bits per heavy atom. The van der Waals surface area contributed by atoms with Crippen LogP contribution in [0, 0.1) is 0 Å². The molecule has 20 heavy (non-hydrogen) atoms. The van der Waals surface area contributed by atoms with E-state index in [0.717, 1.165) is 17.3 Å². The van der Waals surface area contributed by atoms with Crippen LogP contribution < -0.4 is 5.73 Å². The molecule has 1 aromatic heterocycles. The molecule has 0 radical (unpaired) electrons. The normalized spacial score (nSPS) is 12.7. The highest BCUT2D eigenvalue weighted by Gasteiger charge is 2.08. The Balaban J connectivity index is 1.72. The number of thiophene rings is 1. The van der Waals surface area contributed by atoms with Gasteiger partial charge in [-0.2, -0.15) is 0 Å². The molecule has 0 aliphatic carbocycles. The molecular formula is C17H16BrNS. The third-order valence-electron chi connectivity index (χ3n) is 3.40. The molecule has 2 aromatic carbocycles. The van der Waals surface area contributed by atoms with Gasteiger partial charge in [0.2, 0.25) is 0 Å². The minimum absolute atomic E-state index is 0.168. The number of hydrogen-bond donors (Lipinski definition) is 1. The van der Waals surface area contributed by atoms with E-state index in [9.17, 15) is 0 Å². The second-order valence-electron chi connectivity index (χ2n) is 5.08. The zero-order valence-electron chi connectivity index (χ0n) is 11.1. The van der Waals surface area contributed by atoms with Gasteiger partial charge in [-0.25, -0.2) is 0 Å². The van der Waals surface area contributed by atoms with Gasteiger partial charge in [-0.15, -0.1) is 11.3 Å². The van der Waals surface area contributed by atoms with E-state index in [2.05, 4.69) is 69.8 Å². The predicted molar refractivity (Wildman–Crippen MR) is 91.4 cm³/mol. The number of nitrogens with two attached hydrogens (primary N) is 1. The lowest BCUT2D eigenvalue weighted by atomic mass is 10.0. The molecule has 0 bridgehead atoms. The first kappa shape index (κ1) is 13.8. The molecule has 2 N–H and O–H groups in total. The summed E-state index contributed by atoms with van der Waals surface area (Å²) in [4.78, 5) is 1.34. The maximum atomic E-state index is 6.28. The van der Waals surface area contributed by atoms with Crippen molar-refractivity contribution in [2.75, 3.05) is 0 Å². The van der Waals surface area contributed by atoms with Crippen molar-refractivity contribution in [3.05, 3.63) is 68.8 Å². The van der Waals surface area contributed by atoms with Gasteiger partial charge in [-0.1, -0.05) is 42.5 Å². The van der Waals surface area contributed by atoms with E-state index < -0.39 is 0 Å². The molecule has 3 heteroatoms. The van der Waals surface area contributed by atoms with Crippen molar-refractivity contribution in [2.45, 2.75) is 18.9 Å². The maximum absolute atomic E-state index is 6.28. The number of hydrogen-bond acceptors (Lipinski definition) is 2. The lowest BCUT2D eigenvalue weighted by molar-refractivity contribution is 0.671. The summed E-state index contributed by atoms with van der Waals surface area (Å²) < 4.78 is 1.15. The van der Waals surface area contributed by atoms with Crippen LogP contribution in [0.3, 0.4) is 0 Å². The molecule has 1 heterocycles. The molecule has 0 amide bonds. The van der Waals surface area contributed by atoms with Crippen LogP contribution in [0.4, 0.5) is 0 Å². The molecule has 0 fully saturated rings. The Bertz CT molecular complexity index is 720. The fraction of sp³-hybridized carbons (Fsp3) is 0.176. The molecule has 1 unspecified atom stereocenters. The van der Waals surface area contributed by atoms with Crippen LogP contribution in [0.2, 0.25) is 0 Å². The van der Waals surface area contributed by atoms with E-state index in [-0.39, 0.29) is 6.04 Å². The highest BCUT2D eigenvalue weighted by Crippen LogP contribution is 2.22. The van der Waals surface area contributed by atoms with Crippen LogP contribution in [0.1, 0.15) is 10.4 Å². The Morgan fingerprint density at radius 1 is 1.00 bits per heavy atom. The van der Waals surface area contributed by atoms with E-state index in [1.165, 1.54) is 21.2 Å². The highest BCUT2D eigenvalue weighted by atomic mass is 79.9. The van der Waals surface area contributed by atoms with Gasteiger partial charge in [0.1, 0.15) is 0 Å². The van der Waals surface area contributed by atoms with Gasteiger partial charge >= 0.3 is 0 Å². The van der Waals surface area contributed by atoms with E-state index >= 15 is 0 Å². The molecule has 0 spiro atoms. The highest BCUT2D eigenvalue weighted by molar-refractivity contribution is 9.10. The first-order chi connectivity index (χ1) is 9.70. The molecule has 3 rings (SSSR count). The average Bonchev–Trinajstić information content (AvgIpc) is 2.83. The van der Waals surface area contributed by atoms with Crippen LogP contribution in [-0.4, -0.2) is 6.04 Å². The largest absolute Gasteiger partial charge is 0.327 e. The van der Waals surface area contributed by atoms with E-state index in [1.54, 1.807) is 11.3 Å². The smallest absolute Gasteiger partial charge is 0.0285 e. The summed E-state index contributed by atoms with van der Waals surface area (Å²) >= 11 is 5.25. The summed E-state index contributed by atoms with van der Waals surface area (Å²) in [5.74, 6) is 0. The van der Waals surface area contributed by atoms with Crippen LogP contribution >= 0.6 is 27.3 Å². The minimum atomic E-state index is 0.168. The minimum Gasteiger partial charge on any atom is -0.327 e. The number of rotatable bonds is 4. The predicted octanol–water partition coefficient (Wildman–Crippen LogP) is 4.78. The van der Waals surface area contributed by atoms with Gasteiger partial charge in [-0.05, 0) is 51.2 Å². The van der Waals surface area contributed by atoms with Crippen molar-refractivity contribution in [3.63, 3.8) is 0 Å². The van der Waals surface area contributed by atoms with E-state index in [4.69, 9.17) is 5.73 Å². The SMILES string of the molecule is NC(Cc1ccc2ccccc2c1)Cc1cc(Br)cs1. The number of fused-ring (bicyclic) bond motifs is 1. The zero-order chi connectivity index (χ0) is 13.9. The number of benzene rings is 2. The Morgan fingerprint density at radius 3 is 2.55 bits per heavy atom. The summed E-state index contributed by atoms with van der Waals surface area (Å²) in [7, 11) is 0. The van der Waals surface area contributed by atoms with E-state index in [0.29, 0.717) is 0 Å². The van der Waals surface area contributed by atoms with Crippen LogP contribution in [0.15, 0.2) is 58.4 Å². The van der Waals surface area contributed by atoms with Gasteiger partial charge in [0.15, 0.2) is 0 Å². The average molecular weight is 346 g/mol. The maximum Gasteiger partial charge on any atom is 0.0285 e. The van der Waals surface area contributed by atoms with Gasteiger partial charge in [0, 0.05) is 20.8 Å². The van der Waals surface area contributed by atoms with Gasteiger partial charge < -0.3 is 5.73 Å². The molecule has 102 valence electrons. The summed E-state index contributed by atoms with van der Waals surface area (Å²) in [5.41, 5.74) is 7.59. The molecule has 0 saturated heterocycles. The van der Waals surface area contributed by atoms with Crippen LogP contribution in [0.25, 0.3) is 10.8 Å². The van der Waals surface area contributed by atoms with Crippen molar-refractivity contribution in [1.82, 2.24) is 0 Å². The first-order valence-electron chi connectivity index (χ1n) is 6.67. The Labute approximate surface area is 131 Å². The fourth-order valence-corrected chi connectivity index (χ4v) is 4.01. The standard InChI is InChI=1S/C17H16BrNS/c18-15-9-17(20-11-15)10-16(19)8-12-5-6-13-3-1-2-4-14(13)7-12/h1-7,9,11,16H,8,10,19H2. The van der Waals surface area contributed by atoms with Crippen molar-refractivity contribution >= 4 is 38.0 Å². The Kier molecular flexibility index (Phi) is 4.20. The molecule has 1 atom stereocenters. The molecule has 0 aliphatic rings. The molecule has 3 aromatic rings. The van der Waals surface area contributed by atoms with Crippen molar-refractivity contribution in [2.24, 2.45) is 5.73 Å². The van der Waals surface area contributed by atoms with Crippen LogP contribution in [0.5, 0.6) is 0 Å². The summed E-state index contributed by atoms with van der Waals surface area (Å²) in [6.45, 7) is 0. The van der Waals surface area contributed by atoms with Gasteiger partial charge in [-0.3, -0.25) is 0 Å². The second kappa shape index (κ2) is 6.08. The lowest BCUT2D eigenvalue weighted by Gasteiger charge is -2.11. The summed E-state index contributed by atoms with van der Waals surface area (Å²) in [6.07, 6.45) is 1.85. The van der Waals surface area contributed by atoms with Crippen molar-refractivity contribution in [1.29, 1.82) is 0 Å². The molecular weight excluding hydrogens is 330 g/mol. The summed E-state index contributed by atoms with van der Waals surface area (Å²) in [5, 5.41) is 4.68. The zero-order valence-corrected chi connectivity index (χ0v) is 13.5. The number of halogens is 1. The van der Waals surface area contributed by atoms with Crippen molar-refractivity contribution < 1.29 is 0 Å².